The zero-order valence-corrected chi connectivity index (χ0v) is 22.9. The van der Waals surface area contributed by atoms with Crippen molar-refractivity contribution in [2.75, 3.05) is 6.54 Å². The predicted molar refractivity (Wildman–Crippen MR) is 149 cm³/mol. The summed E-state index contributed by atoms with van der Waals surface area (Å²) in [6, 6.07) is 4.60. The quantitative estimate of drug-likeness (QED) is 0.576. The molecule has 0 radical (unpaired) electrons. The van der Waals surface area contributed by atoms with Gasteiger partial charge in [-0.15, -0.1) is 0 Å². The minimum absolute atomic E-state index is 0.0689. The topological polar surface area (TPSA) is 88.4 Å². The van der Waals surface area contributed by atoms with Crippen molar-refractivity contribution in [2.45, 2.75) is 90.8 Å². The summed E-state index contributed by atoms with van der Waals surface area (Å²) >= 11 is 0. The molecule has 1 aromatic carbocycles. The Hall–Kier alpha value is -3.06. The lowest BCUT2D eigenvalue weighted by molar-refractivity contribution is -0.120. The molecule has 1 saturated carbocycles. The third-order valence-corrected chi connectivity index (χ3v) is 7.87. The number of dihydropyridines is 1. The second-order valence-corrected chi connectivity index (χ2v) is 12.3. The van der Waals surface area contributed by atoms with Gasteiger partial charge in [0.1, 0.15) is 0 Å². The Balaban J connectivity index is 1.54. The standard InChI is InChI=1S/C30H39N5O2/c1-18-11-19(2)33-28(37)24(18)16-31-27(36)23-12-20(21-14-29(3,4)34-30(5,6)15-21)13-26-25(23)17-32-35(26)22-9-7-8-10-22/h11-14,17,22,24,34H,7-10,15-16H2,1-6H3,(H,31,36). The molecule has 1 aliphatic carbocycles. The van der Waals surface area contributed by atoms with Gasteiger partial charge in [0, 0.05) is 28.7 Å². The van der Waals surface area contributed by atoms with E-state index in [1.54, 1.807) is 0 Å². The first-order chi connectivity index (χ1) is 17.4. The Morgan fingerprint density at radius 3 is 2.57 bits per heavy atom. The number of allylic oxidation sites excluding steroid dienone is 1. The molecule has 1 fully saturated rings. The molecule has 37 heavy (non-hydrogen) atoms. The van der Waals surface area contributed by atoms with Gasteiger partial charge in [-0.3, -0.25) is 14.3 Å². The molecule has 0 saturated heterocycles. The van der Waals surface area contributed by atoms with Crippen molar-refractivity contribution in [3.63, 3.8) is 0 Å². The number of benzene rings is 1. The largest absolute Gasteiger partial charge is 0.351 e. The number of fused-ring (bicyclic) bond motifs is 1. The van der Waals surface area contributed by atoms with Crippen LogP contribution < -0.4 is 10.6 Å². The average molecular weight is 502 g/mol. The number of rotatable bonds is 5. The summed E-state index contributed by atoms with van der Waals surface area (Å²) in [5, 5.41) is 12.4. The maximum absolute atomic E-state index is 13.7. The fourth-order valence-electron chi connectivity index (χ4n) is 6.51. The molecule has 1 atom stereocenters. The first-order valence-corrected chi connectivity index (χ1v) is 13.5. The summed E-state index contributed by atoms with van der Waals surface area (Å²) < 4.78 is 2.13. The molecule has 0 bridgehead atoms. The van der Waals surface area contributed by atoms with E-state index >= 15 is 0 Å². The lowest BCUT2D eigenvalue weighted by Crippen LogP contribution is -2.53. The molecule has 2 N–H and O–H groups in total. The Kier molecular flexibility index (Phi) is 6.47. The van der Waals surface area contributed by atoms with E-state index < -0.39 is 5.92 Å². The van der Waals surface area contributed by atoms with Gasteiger partial charge in [-0.2, -0.15) is 5.10 Å². The number of carbonyl (C=O) groups excluding carboxylic acids is 2. The van der Waals surface area contributed by atoms with E-state index in [9.17, 15) is 9.59 Å². The van der Waals surface area contributed by atoms with Gasteiger partial charge in [0.05, 0.1) is 29.2 Å². The van der Waals surface area contributed by atoms with Crippen LogP contribution in [0.2, 0.25) is 0 Å². The second-order valence-electron chi connectivity index (χ2n) is 12.3. The summed E-state index contributed by atoms with van der Waals surface area (Å²) in [6.07, 6.45) is 11.5. The van der Waals surface area contributed by atoms with E-state index in [4.69, 9.17) is 5.10 Å². The lowest BCUT2D eigenvalue weighted by atomic mass is 9.80. The molecule has 0 spiro atoms. The van der Waals surface area contributed by atoms with Crippen molar-refractivity contribution >= 4 is 34.0 Å². The van der Waals surface area contributed by atoms with Gasteiger partial charge in [-0.05, 0) is 90.2 Å². The van der Waals surface area contributed by atoms with E-state index in [2.05, 4.69) is 60.1 Å². The van der Waals surface area contributed by atoms with E-state index in [-0.39, 0.29) is 29.4 Å². The van der Waals surface area contributed by atoms with Crippen molar-refractivity contribution in [2.24, 2.45) is 10.9 Å². The first-order valence-electron chi connectivity index (χ1n) is 13.5. The van der Waals surface area contributed by atoms with Crippen LogP contribution in [0.5, 0.6) is 0 Å². The van der Waals surface area contributed by atoms with Crippen molar-refractivity contribution < 1.29 is 9.59 Å². The van der Waals surface area contributed by atoms with E-state index in [1.165, 1.54) is 18.4 Å². The molecule has 7 nitrogen and oxygen atoms in total. The third-order valence-electron chi connectivity index (χ3n) is 7.87. The number of nitrogens with one attached hydrogen (secondary N) is 2. The molecule has 2 aromatic rings. The predicted octanol–water partition coefficient (Wildman–Crippen LogP) is 5.38. The maximum atomic E-state index is 13.7. The highest BCUT2D eigenvalue weighted by atomic mass is 16.2. The van der Waals surface area contributed by atoms with E-state index in [1.807, 2.05) is 32.2 Å². The van der Waals surface area contributed by atoms with Crippen LogP contribution in [-0.2, 0) is 4.79 Å². The molecule has 5 rings (SSSR count). The molecule has 1 unspecified atom stereocenters. The molecule has 196 valence electrons. The number of aromatic nitrogens is 2. The molecule has 2 amide bonds. The Morgan fingerprint density at radius 2 is 1.89 bits per heavy atom. The van der Waals surface area contributed by atoms with Gasteiger partial charge in [-0.1, -0.05) is 24.5 Å². The van der Waals surface area contributed by atoms with E-state index in [0.29, 0.717) is 17.3 Å². The van der Waals surface area contributed by atoms with Crippen LogP contribution in [-0.4, -0.2) is 44.9 Å². The minimum atomic E-state index is -0.429. The minimum Gasteiger partial charge on any atom is -0.351 e. The van der Waals surface area contributed by atoms with Crippen LogP contribution in [0.1, 0.15) is 95.6 Å². The van der Waals surface area contributed by atoms with Crippen LogP contribution in [0.15, 0.2) is 41.0 Å². The number of hydrogen-bond acceptors (Lipinski definition) is 4. The van der Waals surface area contributed by atoms with Crippen molar-refractivity contribution in [3.05, 3.63) is 47.2 Å². The third kappa shape index (κ3) is 5.19. The second kappa shape index (κ2) is 9.35. The van der Waals surface area contributed by atoms with Gasteiger partial charge in [0.25, 0.3) is 11.8 Å². The molecule has 3 aliphatic rings. The van der Waals surface area contributed by atoms with Gasteiger partial charge < -0.3 is 10.6 Å². The fourth-order valence-corrected chi connectivity index (χ4v) is 6.51. The molecule has 1 aromatic heterocycles. The summed E-state index contributed by atoms with van der Waals surface area (Å²) in [4.78, 5) is 30.2. The Labute approximate surface area is 219 Å². The van der Waals surface area contributed by atoms with Crippen LogP contribution in [0, 0.1) is 5.92 Å². The first kappa shape index (κ1) is 25.6. The van der Waals surface area contributed by atoms with Crippen molar-refractivity contribution in [1.82, 2.24) is 20.4 Å². The molecular formula is C30H39N5O2. The molecule has 7 heteroatoms. The number of hydrogen-bond donors (Lipinski definition) is 2. The van der Waals surface area contributed by atoms with Crippen LogP contribution in [0.3, 0.4) is 0 Å². The summed E-state index contributed by atoms with van der Waals surface area (Å²) in [5.41, 5.74) is 5.31. The van der Waals surface area contributed by atoms with Gasteiger partial charge in [0.15, 0.2) is 0 Å². The van der Waals surface area contributed by atoms with Crippen LogP contribution in [0.4, 0.5) is 0 Å². The van der Waals surface area contributed by atoms with Crippen molar-refractivity contribution in [1.29, 1.82) is 0 Å². The highest BCUT2D eigenvalue weighted by molar-refractivity contribution is 6.08. The average Bonchev–Trinajstić information content (AvgIpc) is 3.45. The number of nitrogens with zero attached hydrogens (tertiary/aromatic N) is 3. The van der Waals surface area contributed by atoms with Crippen LogP contribution in [0.25, 0.3) is 16.5 Å². The smallest absolute Gasteiger partial charge is 0.254 e. The Bertz CT molecular complexity index is 1350. The monoisotopic (exact) mass is 501 g/mol. The maximum Gasteiger partial charge on any atom is 0.254 e. The number of carbonyl (C=O) groups is 2. The molecule has 2 aliphatic heterocycles. The van der Waals surface area contributed by atoms with Gasteiger partial charge in [-0.25, -0.2) is 4.99 Å². The normalized spacial score (nSPS) is 23.6. The van der Waals surface area contributed by atoms with Gasteiger partial charge in [0.2, 0.25) is 0 Å². The van der Waals surface area contributed by atoms with Gasteiger partial charge >= 0.3 is 0 Å². The zero-order valence-electron chi connectivity index (χ0n) is 22.9. The highest BCUT2D eigenvalue weighted by Gasteiger charge is 2.33. The lowest BCUT2D eigenvalue weighted by Gasteiger charge is -2.41. The number of aliphatic imine (C=N–C) groups is 1. The molecule has 3 heterocycles. The van der Waals surface area contributed by atoms with Crippen molar-refractivity contribution in [3.8, 4) is 0 Å². The highest BCUT2D eigenvalue weighted by Crippen LogP contribution is 2.38. The Morgan fingerprint density at radius 1 is 1.16 bits per heavy atom. The van der Waals surface area contributed by atoms with E-state index in [0.717, 1.165) is 41.3 Å². The fraction of sp³-hybridized carbons (Fsp3) is 0.533. The number of amides is 2. The SMILES string of the molecule is CC1=CC(C)=NC(=O)C1CNC(=O)c1cc(C2=CC(C)(C)NC(C)(C)C2)cc2c1cnn2C1CCCC1. The van der Waals surface area contributed by atoms with Crippen LogP contribution >= 0.6 is 0 Å². The summed E-state index contributed by atoms with van der Waals surface area (Å²) in [7, 11) is 0. The summed E-state index contributed by atoms with van der Waals surface area (Å²) in [5.74, 6) is -0.811. The zero-order chi connectivity index (χ0) is 26.5. The summed E-state index contributed by atoms with van der Waals surface area (Å²) in [6.45, 7) is 12.8. The molecular weight excluding hydrogens is 462 g/mol.